The van der Waals surface area contributed by atoms with E-state index in [1.54, 1.807) is 0 Å². The van der Waals surface area contributed by atoms with Gasteiger partial charge in [-0.25, -0.2) is 4.98 Å². The van der Waals surface area contributed by atoms with Crippen LogP contribution < -0.4 is 10.6 Å². The third-order valence-electron chi connectivity index (χ3n) is 3.76. The van der Waals surface area contributed by atoms with Crippen molar-refractivity contribution in [2.75, 3.05) is 18.4 Å². The Labute approximate surface area is 125 Å². The van der Waals surface area contributed by atoms with Crippen molar-refractivity contribution in [2.45, 2.75) is 26.2 Å². The summed E-state index contributed by atoms with van der Waals surface area (Å²) >= 11 is 0. The number of hydrogen-bond acceptors (Lipinski definition) is 3. The highest BCUT2D eigenvalue weighted by atomic mass is 16.1. The van der Waals surface area contributed by atoms with Gasteiger partial charge in [0.15, 0.2) is 0 Å². The molecule has 1 heterocycles. The average molecular weight is 283 g/mol. The van der Waals surface area contributed by atoms with Crippen LogP contribution in [0.3, 0.4) is 0 Å². The van der Waals surface area contributed by atoms with E-state index in [9.17, 15) is 4.79 Å². The monoisotopic (exact) mass is 283 g/mol. The summed E-state index contributed by atoms with van der Waals surface area (Å²) in [5.74, 6) is 0.597. The molecule has 3 rings (SSSR count). The van der Waals surface area contributed by atoms with Crippen molar-refractivity contribution in [1.29, 1.82) is 0 Å². The first-order valence-electron chi connectivity index (χ1n) is 7.69. The zero-order valence-electron chi connectivity index (χ0n) is 12.4. The lowest BCUT2D eigenvalue weighted by Gasteiger charge is -2.11. The van der Waals surface area contributed by atoms with E-state index in [4.69, 9.17) is 0 Å². The molecule has 1 fully saturated rings. The molecule has 2 aromatic rings. The van der Waals surface area contributed by atoms with E-state index in [1.807, 2.05) is 30.3 Å². The summed E-state index contributed by atoms with van der Waals surface area (Å²) in [5, 5.41) is 7.43. The van der Waals surface area contributed by atoms with Gasteiger partial charge in [-0.15, -0.1) is 0 Å². The maximum atomic E-state index is 12.2. The number of nitrogens with zero attached hydrogens (tertiary/aromatic N) is 1. The van der Waals surface area contributed by atoms with Gasteiger partial charge >= 0.3 is 0 Å². The molecule has 0 saturated heterocycles. The molecular weight excluding hydrogens is 262 g/mol. The van der Waals surface area contributed by atoms with Crippen LogP contribution in [0.4, 0.5) is 5.69 Å². The topological polar surface area (TPSA) is 54.0 Å². The second-order valence-electron chi connectivity index (χ2n) is 5.65. The predicted molar refractivity (Wildman–Crippen MR) is 85.6 cm³/mol. The largest absolute Gasteiger partial charge is 0.384 e. The van der Waals surface area contributed by atoms with Crippen LogP contribution in [0.1, 0.15) is 36.7 Å². The molecule has 1 aromatic heterocycles. The second kappa shape index (κ2) is 6.12. The molecule has 4 nitrogen and oxygen atoms in total. The molecule has 1 saturated carbocycles. The van der Waals surface area contributed by atoms with Gasteiger partial charge in [-0.2, -0.15) is 0 Å². The van der Waals surface area contributed by atoms with Crippen molar-refractivity contribution < 1.29 is 4.79 Å². The third kappa shape index (κ3) is 3.32. The Morgan fingerprint density at radius 3 is 2.90 bits per heavy atom. The first-order valence-corrected chi connectivity index (χ1v) is 7.69. The van der Waals surface area contributed by atoms with E-state index >= 15 is 0 Å². The van der Waals surface area contributed by atoms with Crippen molar-refractivity contribution in [3.63, 3.8) is 0 Å². The van der Waals surface area contributed by atoms with E-state index in [-0.39, 0.29) is 5.91 Å². The number of hydrogen-bond donors (Lipinski definition) is 2. The number of aromatic nitrogens is 1. The molecule has 1 amide bonds. The molecule has 21 heavy (non-hydrogen) atoms. The molecule has 4 heteroatoms. The van der Waals surface area contributed by atoms with Gasteiger partial charge in [-0.1, -0.05) is 25.1 Å². The molecule has 1 aliphatic carbocycles. The van der Waals surface area contributed by atoms with Crippen LogP contribution in [0.5, 0.6) is 0 Å². The summed E-state index contributed by atoms with van der Waals surface area (Å²) < 4.78 is 0. The Morgan fingerprint density at radius 1 is 1.33 bits per heavy atom. The van der Waals surface area contributed by atoms with E-state index in [0.717, 1.165) is 36.1 Å². The third-order valence-corrected chi connectivity index (χ3v) is 3.76. The van der Waals surface area contributed by atoms with Crippen molar-refractivity contribution in [1.82, 2.24) is 10.3 Å². The fourth-order valence-corrected chi connectivity index (χ4v) is 2.35. The molecular formula is C17H21N3O. The van der Waals surface area contributed by atoms with Crippen LogP contribution in [0.2, 0.25) is 0 Å². The fourth-order valence-electron chi connectivity index (χ4n) is 2.35. The second-order valence-corrected chi connectivity index (χ2v) is 5.65. The average Bonchev–Trinajstić information content (AvgIpc) is 3.34. The standard InChI is InChI=1S/C17H21N3O/c1-2-9-18-15-10-16(17(21)19-11-12-7-8-12)20-14-6-4-3-5-13(14)15/h3-6,10,12H,2,7-9,11H2,1H3,(H,18,20)(H,19,21). The van der Waals surface area contributed by atoms with Crippen LogP contribution in [0.25, 0.3) is 10.9 Å². The van der Waals surface area contributed by atoms with Gasteiger partial charge in [0.25, 0.3) is 5.91 Å². The molecule has 110 valence electrons. The maximum Gasteiger partial charge on any atom is 0.269 e. The zero-order valence-corrected chi connectivity index (χ0v) is 12.4. The summed E-state index contributed by atoms with van der Waals surface area (Å²) in [6.45, 7) is 3.78. The predicted octanol–water partition coefficient (Wildman–Crippen LogP) is 3.20. The molecule has 0 radical (unpaired) electrons. The lowest BCUT2D eigenvalue weighted by molar-refractivity contribution is 0.0947. The smallest absolute Gasteiger partial charge is 0.269 e. The number of amides is 1. The highest BCUT2D eigenvalue weighted by Gasteiger charge is 2.22. The maximum absolute atomic E-state index is 12.2. The van der Waals surface area contributed by atoms with Crippen molar-refractivity contribution in [3.05, 3.63) is 36.0 Å². The first-order chi connectivity index (χ1) is 10.3. The van der Waals surface area contributed by atoms with Crippen molar-refractivity contribution in [3.8, 4) is 0 Å². The minimum atomic E-state index is -0.0767. The molecule has 0 spiro atoms. The van der Waals surface area contributed by atoms with Gasteiger partial charge in [0.1, 0.15) is 5.69 Å². The van der Waals surface area contributed by atoms with Gasteiger partial charge in [0.2, 0.25) is 0 Å². The highest BCUT2D eigenvalue weighted by Crippen LogP contribution is 2.28. The number of nitrogens with one attached hydrogen (secondary N) is 2. The van der Waals surface area contributed by atoms with E-state index in [1.165, 1.54) is 12.8 Å². The summed E-state index contributed by atoms with van der Waals surface area (Å²) in [4.78, 5) is 16.7. The molecule has 1 aliphatic rings. The van der Waals surface area contributed by atoms with Gasteiger partial charge in [0, 0.05) is 24.2 Å². The number of anilines is 1. The van der Waals surface area contributed by atoms with Crippen LogP contribution >= 0.6 is 0 Å². The molecule has 0 aliphatic heterocycles. The Morgan fingerprint density at radius 2 is 2.14 bits per heavy atom. The number of para-hydroxylation sites is 1. The summed E-state index contributed by atoms with van der Waals surface area (Å²) in [6, 6.07) is 9.79. The Balaban J connectivity index is 1.88. The van der Waals surface area contributed by atoms with Crippen molar-refractivity contribution in [2.24, 2.45) is 5.92 Å². The van der Waals surface area contributed by atoms with E-state index in [2.05, 4.69) is 22.5 Å². The normalized spacial score (nSPS) is 14.1. The number of carbonyl (C=O) groups excluding carboxylic acids is 1. The SMILES string of the molecule is CCCNc1cc(C(=O)NCC2CC2)nc2ccccc12. The van der Waals surface area contributed by atoms with Gasteiger partial charge in [-0.3, -0.25) is 4.79 Å². The number of carbonyl (C=O) groups is 1. The Bertz CT molecular complexity index is 650. The number of rotatable bonds is 6. The highest BCUT2D eigenvalue weighted by molar-refractivity contribution is 5.99. The summed E-state index contributed by atoms with van der Waals surface area (Å²) in [5.41, 5.74) is 2.34. The lowest BCUT2D eigenvalue weighted by Crippen LogP contribution is -2.26. The minimum Gasteiger partial charge on any atom is -0.384 e. The molecule has 0 atom stereocenters. The lowest BCUT2D eigenvalue weighted by atomic mass is 10.1. The first kappa shape index (κ1) is 13.9. The van der Waals surface area contributed by atoms with Gasteiger partial charge in [-0.05, 0) is 37.3 Å². The molecule has 0 unspecified atom stereocenters. The van der Waals surface area contributed by atoms with Crippen LogP contribution in [0, 0.1) is 5.92 Å². The van der Waals surface area contributed by atoms with Crippen molar-refractivity contribution >= 4 is 22.5 Å². The Hall–Kier alpha value is -2.10. The van der Waals surface area contributed by atoms with Crippen LogP contribution in [-0.2, 0) is 0 Å². The number of fused-ring (bicyclic) bond motifs is 1. The van der Waals surface area contributed by atoms with E-state index < -0.39 is 0 Å². The molecule has 2 N–H and O–H groups in total. The van der Waals surface area contributed by atoms with Gasteiger partial charge in [0.05, 0.1) is 5.52 Å². The number of pyridine rings is 1. The summed E-state index contributed by atoms with van der Waals surface area (Å²) in [6.07, 6.45) is 3.50. The van der Waals surface area contributed by atoms with E-state index in [0.29, 0.717) is 11.6 Å². The quantitative estimate of drug-likeness (QED) is 0.856. The summed E-state index contributed by atoms with van der Waals surface area (Å²) in [7, 11) is 0. The minimum absolute atomic E-state index is 0.0767. The fraction of sp³-hybridized carbons (Fsp3) is 0.412. The zero-order chi connectivity index (χ0) is 14.7. The number of benzene rings is 1. The van der Waals surface area contributed by atoms with Crippen LogP contribution in [-0.4, -0.2) is 24.0 Å². The van der Waals surface area contributed by atoms with Gasteiger partial charge < -0.3 is 10.6 Å². The molecule has 1 aromatic carbocycles. The molecule has 0 bridgehead atoms. The Kier molecular flexibility index (Phi) is 4.04. The van der Waals surface area contributed by atoms with Crippen LogP contribution in [0.15, 0.2) is 30.3 Å².